The first kappa shape index (κ1) is 14.6. The summed E-state index contributed by atoms with van der Waals surface area (Å²) in [5.74, 6) is 0. The molecular formula is C12H18N2O4. The summed E-state index contributed by atoms with van der Waals surface area (Å²) in [6.45, 7) is 1.75. The van der Waals surface area contributed by atoms with Crippen LogP contribution in [0.2, 0.25) is 0 Å². The third-order valence-corrected chi connectivity index (χ3v) is 2.83. The van der Waals surface area contributed by atoms with Crippen LogP contribution in [0.15, 0.2) is 24.3 Å². The Morgan fingerprint density at radius 1 is 1.33 bits per heavy atom. The molecule has 0 heterocycles. The molecule has 3 N–H and O–H groups in total. The predicted octanol–water partition coefficient (Wildman–Crippen LogP) is 0.470. The molecular weight excluding hydrogens is 236 g/mol. The van der Waals surface area contributed by atoms with Crippen molar-refractivity contribution in [2.75, 3.05) is 19.8 Å². The molecule has 6 nitrogen and oxygen atoms in total. The first-order valence-electron chi connectivity index (χ1n) is 5.71. The van der Waals surface area contributed by atoms with Crippen molar-refractivity contribution in [3.8, 4) is 0 Å². The van der Waals surface area contributed by atoms with E-state index in [1.807, 2.05) is 0 Å². The Morgan fingerprint density at radius 3 is 2.50 bits per heavy atom. The molecule has 0 aliphatic rings. The summed E-state index contributed by atoms with van der Waals surface area (Å²) < 4.78 is 0. The van der Waals surface area contributed by atoms with E-state index < -0.39 is 10.5 Å². The lowest BCUT2D eigenvalue weighted by Crippen LogP contribution is -2.49. The van der Waals surface area contributed by atoms with Crippen LogP contribution in [0.25, 0.3) is 0 Å². The topological polar surface area (TPSA) is 95.6 Å². The van der Waals surface area contributed by atoms with E-state index in [0.717, 1.165) is 0 Å². The number of benzene rings is 1. The monoisotopic (exact) mass is 254 g/mol. The van der Waals surface area contributed by atoms with E-state index in [2.05, 4.69) is 5.32 Å². The molecule has 0 bridgehead atoms. The van der Waals surface area contributed by atoms with Gasteiger partial charge in [0.25, 0.3) is 5.69 Å². The van der Waals surface area contributed by atoms with Crippen molar-refractivity contribution < 1.29 is 15.1 Å². The Labute approximate surface area is 105 Å². The largest absolute Gasteiger partial charge is 0.394 e. The number of nitro benzene ring substituents is 1. The first-order chi connectivity index (χ1) is 8.52. The summed E-state index contributed by atoms with van der Waals surface area (Å²) in [4.78, 5) is 10.4. The summed E-state index contributed by atoms with van der Waals surface area (Å²) >= 11 is 0. The summed E-state index contributed by atoms with van der Waals surface area (Å²) in [5.41, 5.74) is -0.0361. The lowest BCUT2D eigenvalue weighted by atomic mass is 10.0. The van der Waals surface area contributed by atoms with Gasteiger partial charge in [-0.15, -0.1) is 0 Å². The predicted molar refractivity (Wildman–Crippen MR) is 67.4 cm³/mol. The molecule has 100 valence electrons. The molecule has 18 heavy (non-hydrogen) atoms. The van der Waals surface area contributed by atoms with E-state index in [0.29, 0.717) is 18.5 Å². The fraction of sp³-hybridized carbons (Fsp3) is 0.500. The van der Waals surface area contributed by atoms with Crippen molar-refractivity contribution in [2.24, 2.45) is 0 Å². The van der Waals surface area contributed by atoms with Gasteiger partial charge < -0.3 is 15.5 Å². The fourth-order valence-corrected chi connectivity index (χ4v) is 1.56. The minimum absolute atomic E-state index is 0.0917. The molecule has 6 heteroatoms. The van der Waals surface area contributed by atoms with Gasteiger partial charge in [0, 0.05) is 18.2 Å². The zero-order valence-corrected chi connectivity index (χ0v) is 10.3. The van der Waals surface area contributed by atoms with Gasteiger partial charge in [0.15, 0.2) is 0 Å². The number of rotatable bonds is 7. The van der Waals surface area contributed by atoms with Gasteiger partial charge in [0.1, 0.15) is 0 Å². The molecule has 0 aliphatic carbocycles. The van der Waals surface area contributed by atoms with Gasteiger partial charge in [-0.05, 0) is 13.3 Å². The van der Waals surface area contributed by atoms with E-state index >= 15 is 0 Å². The highest BCUT2D eigenvalue weighted by atomic mass is 16.6. The number of hydrogen-bond acceptors (Lipinski definition) is 5. The molecule has 1 rings (SSSR count). The van der Waals surface area contributed by atoms with E-state index in [1.165, 1.54) is 6.07 Å². The molecule has 0 atom stereocenters. The normalized spacial score (nSPS) is 11.5. The molecule has 0 aromatic heterocycles. The number of aliphatic hydroxyl groups is 2. The summed E-state index contributed by atoms with van der Waals surface area (Å²) in [5, 5.41) is 32.0. The van der Waals surface area contributed by atoms with Crippen molar-refractivity contribution in [2.45, 2.75) is 18.9 Å². The SMILES string of the molecule is CC(CO)(CO)NCCc1ccccc1[N+](=O)[O-]. The lowest BCUT2D eigenvalue weighted by Gasteiger charge is -2.26. The highest BCUT2D eigenvalue weighted by Gasteiger charge is 2.21. The van der Waals surface area contributed by atoms with Gasteiger partial charge in [-0.1, -0.05) is 18.2 Å². The van der Waals surface area contributed by atoms with E-state index in [9.17, 15) is 10.1 Å². The smallest absolute Gasteiger partial charge is 0.272 e. The number of aliphatic hydroxyl groups excluding tert-OH is 2. The number of nitro groups is 1. The molecule has 0 saturated heterocycles. The Hall–Kier alpha value is -1.50. The van der Waals surface area contributed by atoms with Crippen LogP contribution >= 0.6 is 0 Å². The van der Waals surface area contributed by atoms with Gasteiger partial charge in [0.05, 0.1) is 23.7 Å². The Bertz CT molecular complexity index is 405. The second kappa shape index (κ2) is 6.44. The highest BCUT2D eigenvalue weighted by molar-refractivity contribution is 5.39. The van der Waals surface area contributed by atoms with Crippen LogP contribution in [0.1, 0.15) is 12.5 Å². The first-order valence-corrected chi connectivity index (χ1v) is 5.71. The third-order valence-electron chi connectivity index (χ3n) is 2.83. The maximum Gasteiger partial charge on any atom is 0.272 e. The second-order valence-electron chi connectivity index (χ2n) is 4.44. The molecule has 0 amide bonds. The van der Waals surface area contributed by atoms with Crippen molar-refractivity contribution in [1.29, 1.82) is 0 Å². The van der Waals surface area contributed by atoms with Gasteiger partial charge in [-0.25, -0.2) is 0 Å². The van der Waals surface area contributed by atoms with Crippen molar-refractivity contribution in [1.82, 2.24) is 5.32 Å². The second-order valence-corrected chi connectivity index (χ2v) is 4.44. The average molecular weight is 254 g/mol. The summed E-state index contributed by atoms with van der Waals surface area (Å²) in [6, 6.07) is 6.54. The molecule has 1 aromatic carbocycles. The molecule has 0 unspecified atom stereocenters. The van der Waals surface area contributed by atoms with Crippen molar-refractivity contribution in [3.63, 3.8) is 0 Å². The van der Waals surface area contributed by atoms with Crippen LogP contribution in [0.4, 0.5) is 5.69 Å². The van der Waals surface area contributed by atoms with Crippen LogP contribution in [-0.4, -0.2) is 40.4 Å². The summed E-state index contributed by atoms with van der Waals surface area (Å²) in [6.07, 6.45) is 0.465. The number of hydrogen-bond donors (Lipinski definition) is 3. The maximum atomic E-state index is 10.8. The maximum absolute atomic E-state index is 10.8. The van der Waals surface area contributed by atoms with E-state index in [1.54, 1.807) is 25.1 Å². The molecule has 0 fully saturated rings. The standard InChI is InChI=1S/C12H18N2O4/c1-12(8-15,9-16)13-7-6-10-4-2-3-5-11(10)14(17)18/h2-5,13,15-16H,6-9H2,1H3. The number of nitrogens with one attached hydrogen (secondary N) is 1. The van der Waals surface area contributed by atoms with Crippen LogP contribution in [0.3, 0.4) is 0 Å². The average Bonchev–Trinajstić information content (AvgIpc) is 2.39. The third kappa shape index (κ3) is 3.76. The number of para-hydroxylation sites is 1. The van der Waals surface area contributed by atoms with Gasteiger partial charge in [-0.3, -0.25) is 10.1 Å². The number of nitrogens with zero attached hydrogens (tertiary/aromatic N) is 1. The van der Waals surface area contributed by atoms with Crippen LogP contribution in [0.5, 0.6) is 0 Å². The molecule has 0 spiro atoms. The van der Waals surface area contributed by atoms with E-state index in [4.69, 9.17) is 10.2 Å². The molecule has 0 saturated carbocycles. The van der Waals surface area contributed by atoms with Crippen molar-refractivity contribution in [3.05, 3.63) is 39.9 Å². The molecule has 0 aliphatic heterocycles. The zero-order chi connectivity index (χ0) is 13.6. The Morgan fingerprint density at radius 2 is 1.94 bits per heavy atom. The quantitative estimate of drug-likeness (QED) is 0.485. The van der Waals surface area contributed by atoms with Crippen LogP contribution in [0, 0.1) is 10.1 Å². The van der Waals surface area contributed by atoms with Gasteiger partial charge >= 0.3 is 0 Å². The van der Waals surface area contributed by atoms with Crippen LogP contribution in [-0.2, 0) is 6.42 Å². The summed E-state index contributed by atoms with van der Waals surface area (Å²) in [7, 11) is 0. The van der Waals surface area contributed by atoms with Crippen molar-refractivity contribution >= 4 is 5.69 Å². The Balaban J connectivity index is 2.62. The Kier molecular flexibility index (Phi) is 5.21. The molecule has 1 aromatic rings. The van der Waals surface area contributed by atoms with E-state index in [-0.39, 0.29) is 18.9 Å². The minimum Gasteiger partial charge on any atom is -0.394 e. The molecule has 0 radical (unpaired) electrons. The zero-order valence-electron chi connectivity index (χ0n) is 10.3. The lowest BCUT2D eigenvalue weighted by molar-refractivity contribution is -0.385. The van der Waals surface area contributed by atoms with Gasteiger partial charge in [-0.2, -0.15) is 0 Å². The van der Waals surface area contributed by atoms with Gasteiger partial charge in [0.2, 0.25) is 0 Å². The minimum atomic E-state index is -0.760. The highest BCUT2D eigenvalue weighted by Crippen LogP contribution is 2.17. The fourth-order valence-electron chi connectivity index (χ4n) is 1.56. The van der Waals surface area contributed by atoms with Crippen LogP contribution < -0.4 is 5.32 Å².